The Morgan fingerprint density at radius 1 is 1.19 bits per heavy atom. The first kappa shape index (κ1) is 17.5. The summed E-state index contributed by atoms with van der Waals surface area (Å²) < 4.78 is 5.92. The molecule has 0 spiro atoms. The molecule has 2 aromatic carbocycles. The Bertz CT molecular complexity index is 916. The second-order valence-corrected chi connectivity index (χ2v) is 5.90. The molecule has 3 aromatic rings. The molecule has 1 aromatic heterocycles. The fraction of sp³-hybridized carbons (Fsp3) is 0.200. The number of nitrogens with two attached hydrogens (primary N) is 1. The number of nitrogens with one attached hydrogen (secondary N) is 2. The molecule has 134 valence electrons. The van der Waals surface area contributed by atoms with Crippen molar-refractivity contribution >= 4 is 22.8 Å². The van der Waals surface area contributed by atoms with Crippen molar-refractivity contribution in [1.29, 1.82) is 0 Å². The lowest BCUT2D eigenvalue weighted by molar-refractivity contribution is 0.0972. The number of rotatable bonds is 6. The number of benzene rings is 2. The first-order chi connectivity index (χ1) is 12.7. The number of H-pyrrole nitrogens is 1. The van der Waals surface area contributed by atoms with Gasteiger partial charge in [-0.15, -0.1) is 0 Å². The molecule has 0 aliphatic heterocycles. The van der Waals surface area contributed by atoms with Crippen LogP contribution >= 0.6 is 0 Å². The summed E-state index contributed by atoms with van der Waals surface area (Å²) in [6, 6.07) is 17.8. The molecule has 6 nitrogen and oxygen atoms in total. The molecule has 6 heteroatoms. The van der Waals surface area contributed by atoms with Crippen molar-refractivity contribution in [3.63, 3.8) is 0 Å². The zero-order valence-corrected chi connectivity index (χ0v) is 14.7. The molecule has 26 heavy (non-hydrogen) atoms. The number of aliphatic imine (C=N–C) groups is 1. The van der Waals surface area contributed by atoms with E-state index in [0.29, 0.717) is 12.3 Å². The SMILES string of the molecule is CN=C(N)NC(=O)c1cc2cccc(OCCCc3ccccc3)c2[nH]1. The summed E-state index contributed by atoms with van der Waals surface area (Å²) in [5, 5.41) is 3.42. The molecule has 1 amide bonds. The summed E-state index contributed by atoms with van der Waals surface area (Å²) in [7, 11) is 1.52. The van der Waals surface area contributed by atoms with Crippen LogP contribution in [0, 0.1) is 0 Å². The van der Waals surface area contributed by atoms with E-state index in [9.17, 15) is 4.79 Å². The van der Waals surface area contributed by atoms with Gasteiger partial charge in [-0.25, -0.2) is 0 Å². The summed E-state index contributed by atoms with van der Waals surface area (Å²) in [6.45, 7) is 0.601. The molecular formula is C20H22N4O2. The van der Waals surface area contributed by atoms with E-state index < -0.39 is 0 Å². The topological polar surface area (TPSA) is 92.5 Å². The molecule has 0 saturated heterocycles. The van der Waals surface area contributed by atoms with Crippen molar-refractivity contribution < 1.29 is 9.53 Å². The van der Waals surface area contributed by atoms with Gasteiger partial charge in [-0.2, -0.15) is 0 Å². The van der Waals surface area contributed by atoms with E-state index in [1.165, 1.54) is 12.6 Å². The average Bonchev–Trinajstić information content (AvgIpc) is 3.11. The second kappa shape index (κ2) is 8.20. The predicted octanol–water partition coefficient (Wildman–Crippen LogP) is 2.85. The van der Waals surface area contributed by atoms with Crippen LogP contribution in [0.4, 0.5) is 0 Å². The predicted molar refractivity (Wildman–Crippen MR) is 104 cm³/mol. The summed E-state index contributed by atoms with van der Waals surface area (Å²) in [4.78, 5) is 19.0. The second-order valence-electron chi connectivity index (χ2n) is 5.90. The highest BCUT2D eigenvalue weighted by Crippen LogP contribution is 2.26. The lowest BCUT2D eigenvalue weighted by atomic mass is 10.1. The molecule has 0 unspecified atom stereocenters. The van der Waals surface area contributed by atoms with Crippen LogP contribution in [0.5, 0.6) is 5.75 Å². The standard InChI is InChI=1S/C20H22N4O2/c1-22-20(21)24-19(25)16-13-15-10-5-11-17(18(15)23-16)26-12-6-9-14-7-3-2-4-8-14/h2-5,7-8,10-11,13,23H,6,9,12H2,1H3,(H3,21,22,24,25). The van der Waals surface area contributed by atoms with Crippen LogP contribution in [-0.2, 0) is 6.42 Å². The third-order valence-corrected chi connectivity index (χ3v) is 4.06. The van der Waals surface area contributed by atoms with Crippen LogP contribution in [0.2, 0.25) is 0 Å². The number of para-hydroxylation sites is 1. The quantitative estimate of drug-likeness (QED) is 0.362. The fourth-order valence-corrected chi connectivity index (χ4v) is 2.71. The maximum absolute atomic E-state index is 12.2. The summed E-state index contributed by atoms with van der Waals surface area (Å²) in [5.41, 5.74) is 8.04. The summed E-state index contributed by atoms with van der Waals surface area (Å²) in [6.07, 6.45) is 1.88. The van der Waals surface area contributed by atoms with Gasteiger partial charge in [0.15, 0.2) is 5.96 Å². The fourth-order valence-electron chi connectivity index (χ4n) is 2.71. The Hall–Kier alpha value is -3.28. The van der Waals surface area contributed by atoms with Crippen molar-refractivity contribution in [3.8, 4) is 5.75 Å². The molecule has 0 bridgehead atoms. The van der Waals surface area contributed by atoms with Crippen molar-refractivity contribution in [2.75, 3.05) is 13.7 Å². The number of hydrogen-bond acceptors (Lipinski definition) is 3. The van der Waals surface area contributed by atoms with E-state index in [2.05, 4.69) is 27.4 Å². The number of amides is 1. The number of carbonyl (C=O) groups is 1. The van der Waals surface area contributed by atoms with Gasteiger partial charge in [0.25, 0.3) is 5.91 Å². The number of aryl methyl sites for hydroxylation is 1. The molecule has 3 rings (SSSR count). The van der Waals surface area contributed by atoms with Crippen LogP contribution in [0.1, 0.15) is 22.5 Å². The molecule has 1 heterocycles. The van der Waals surface area contributed by atoms with Gasteiger partial charge in [-0.3, -0.25) is 15.1 Å². The third kappa shape index (κ3) is 4.22. The molecule has 0 atom stereocenters. The molecule has 0 fully saturated rings. The summed E-state index contributed by atoms with van der Waals surface area (Å²) >= 11 is 0. The van der Waals surface area contributed by atoms with Crippen molar-refractivity contribution in [3.05, 3.63) is 65.9 Å². The zero-order valence-electron chi connectivity index (χ0n) is 14.7. The van der Waals surface area contributed by atoms with Crippen LogP contribution in [0.15, 0.2) is 59.6 Å². The Morgan fingerprint density at radius 3 is 2.77 bits per heavy atom. The molecule has 0 aliphatic rings. The van der Waals surface area contributed by atoms with E-state index in [1.54, 1.807) is 6.07 Å². The number of nitrogens with zero attached hydrogens (tertiary/aromatic N) is 1. The average molecular weight is 350 g/mol. The van der Waals surface area contributed by atoms with Gasteiger partial charge in [-0.05, 0) is 30.5 Å². The maximum atomic E-state index is 12.2. The van der Waals surface area contributed by atoms with Crippen molar-refractivity contribution in [1.82, 2.24) is 10.3 Å². The Morgan fingerprint density at radius 2 is 2.00 bits per heavy atom. The Labute approximate surface area is 152 Å². The maximum Gasteiger partial charge on any atom is 0.274 e. The highest BCUT2D eigenvalue weighted by Gasteiger charge is 2.12. The lowest BCUT2D eigenvalue weighted by Gasteiger charge is -2.07. The summed E-state index contributed by atoms with van der Waals surface area (Å²) in [5.74, 6) is 0.470. The lowest BCUT2D eigenvalue weighted by Crippen LogP contribution is -2.36. The third-order valence-electron chi connectivity index (χ3n) is 4.06. The number of aromatic amines is 1. The zero-order chi connectivity index (χ0) is 18.4. The number of hydrogen-bond donors (Lipinski definition) is 3. The van der Waals surface area contributed by atoms with Crippen molar-refractivity contribution in [2.45, 2.75) is 12.8 Å². The van der Waals surface area contributed by atoms with E-state index in [0.717, 1.165) is 29.5 Å². The minimum atomic E-state index is -0.334. The largest absolute Gasteiger partial charge is 0.491 e. The van der Waals surface area contributed by atoms with Gasteiger partial charge < -0.3 is 15.5 Å². The molecule has 0 saturated carbocycles. The highest BCUT2D eigenvalue weighted by atomic mass is 16.5. The molecule has 4 N–H and O–H groups in total. The number of carbonyl (C=O) groups excluding carboxylic acids is 1. The smallest absolute Gasteiger partial charge is 0.274 e. The highest BCUT2D eigenvalue weighted by molar-refractivity contribution is 6.06. The number of ether oxygens (including phenoxy) is 1. The van der Waals surface area contributed by atoms with Gasteiger partial charge in [-0.1, -0.05) is 42.5 Å². The van der Waals surface area contributed by atoms with E-state index in [-0.39, 0.29) is 11.9 Å². The number of fused-ring (bicyclic) bond motifs is 1. The Kier molecular flexibility index (Phi) is 5.53. The minimum absolute atomic E-state index is 0.0750. The van der Waals surface area contributed by atoms with Crippen LogP contribution in [0.25, 0.3) is 10.9 Å². The molecule has 0 aliphatic carbocycles. The van der Waals surface area contributed by atoms with Gasteiger partial charge in [0.2, 0.25) is 0 Å². The van der Waals surface area contributed by atoms with Crippen molar-refractivity contribution in [2.24, 2.45) is 10.7 Å². The normalized spacial score (nSPS) is 11.5. The van der Waals surface area contributed by atoms with E-state index in [4.69, 9.17) is 10.5 Å². The van der Waals surface area contributed by atoms with Gasteiger partial charge in [0.1, 0.15) is 11.4 Å². The Balaban J connectivity index is 1.66. The van der Waals surface area contributed by atoms with E-state index in [1.807, 2.05) is 36.4 Å². The van der Waals surface area contributed by atoms with Crippen LogP contribution in [-0.4, -0.2) is 30.5 Å². The number of guanidine groups is 1. The van der Waals surface area contributed by atoms with Crippen LogP contribution < -0.4 is 15.8 Å². The van der Waals surface area contributed by atoms with Crippen LogP contribution in [0.3, 0.4) is 0 Å². The molecular weight excluding hydrogens is 328 g/mol. The van der Waals surface area contributed by atoms with Gasteiger partial charge in [0, 0.05) is 12.4 Å². The molecule has 0 radical (unpaired) electrons. The van der Waals surface area contributed by atoms with Gasteiger partial charge in [0.05, 0.1) is 12.1 Å². The monoisotopic (exact) mass is 350 g/mol. The van der Waals surface area contributed by atoms with Gasteiger partial charge >= 0.3 is 0 Å². The minimum Gasteiger partial charge on any atom is -0.491 e. The first-order valence-corrected chi connectivity index (χ1v) is 8.49. The first-order valence-electron chi connectivity index (χ1n) is 8.49. The van der Waals surface area contributed by atoms with E-state index >= 15 is 0 Å². The number of aromatic nitrogens is 1.